The van der Waals surface area contributed by atoms with Crippen molar-refractivity contribution in [1.82, 2.24) is 5.32 Å². The summed E-state index contributed by atoms with van der Waals surface area (Å²) in [6.45, 7) is 0.831. The highest BCUT2D eigenvalue weighted by Crippen LogP contribution is 2.38. The molecule has 3 aromatic rings. The number of rotatable bonds is 2. The molecule has 27 heavy (non-hydrogen) atoms. The van der Waals surface area contributed by atoms with E-state index < -0.39 is 17.8 Å². The van der Waals surface area contributed by atoms with Crippen molar-refractivity contribution in [3.63, 3.8) is 0 Å². The molecule has 1 fully saturated rings. The zero-order valence-corrected chi connectivity index (χ0v) is 15.2. The van der Waals surface area contributed by atoms with E-state index in [9.17, 15) is 18.3 Å². The standard InChI is InChI=1S/C21H19ClF3NO/c22-14-5-7-15-12(9-14)10-18(20(27)19-3-1-2-8-26-19)16-6-4-13(11-17(15)16)21(23,24)25/h4-7,9-11,19-20,26-27H,1-3,8H2/t19-,20+/m0/s1. The summed E-state index contributed by atoms with van der Waals surface area (Å²) in [6.07, 6.45) is -2.31. The molecule has 0 aromatic heterocycles. The van der Waals surface area contributed by atoms with Crippen LogP contribution in [0.4, 0.5) is 13.2 Å². The summed E-state index contributed by atoms with van der Waals surface area (Å²) < 4.78 is 39.7. The molecule has 1 aliphatic heterocycles. The van der Waals surface area contributed by atoms with Crippen LogP contribution in [0.5, 0.6) is 0 Å². The van der Waals surface area contributed by atoms with Crippen molar-refractivity contribution in [3.8, 4) is 0 Å². The fraction of sp³-hybridized carbons (Fsp3) is 0.333. The smallest absolute Gasteiger partial charge is 0.387 e. The number of halogens is 4. The summed E-state index contributed by atoms with van der Waals surface area (Å²) in [5, 5.41) is 17.3. The van der Waals surface area contributed by atoms with Crippen molar-refractivity contribution in [2.75, 3.05) is 6.54 Å². The van der Waals surface area contributed by atoms with E-state index in [0.717, 1.165) is 43.3 Å². The molecular formula is C21H19ClF3NO. The van der Waals surface area contributed by atoms with E-state index in [2.05, 4.69) is 5.32 Å². The first-order valence-electron chi connectivity index (χ1n) is 8.99. The van der Waals surface area contributed by atoms with Crippen molar-refractivity contribution < 1.29 is 18.3 Å². The molecule has 2 N–H and O–H groups in total. The van der Waals surface area contributed by atoms with Crippen molar-refractivity contribution in [3.05, 3.63) is 58.6 Å². The topological polar surface area (TPSA) is 32.3 Å². The molecule has 1 aliphatic rings. The van der Waals surface area contributed by atoms with Gasteiger partial charge in [-0.25, -0.2) is 0 Å². The van der Waals surface area contributed by atoms with Crippen molar-refractivity contribution >= 4 is 33.1 Å². The molecule has 1 heterocycles. The second-order valence-corrected chi connectivity index (χ2v) is 7.53. The molecule has 4 rings (SSSR count). The average molecular weight is 394 g/mol. The van der Waals surface area contributed by atoms with Crippen LogP contribution in [0.15, 0.2) is 42.5 Å². The molecular weight excluding hydrogens is 375 g/mol. The number of fused-ring (bicyclic) bond motifs is 3. The van der Waals surface area contributed by atoms with Crippen LogP contribution in [0.1, 0.15) is 36.5 Å². The van der Waals surface area contributed by atoms with Crippen LogP contribution in [-0.2, 0) is 6.18 Å². The van der Waals surface area contributed by atoms with Crippen LogP contribution in [0.3, 0.4) is 0 Å². The van der Waals surface area contributed by atoms with Crippen LogP contribution in [0.25, 0.3) is 21.5 Å². The van der Waals surface area contributed by atoms with Crippen LogP contribution in [0, 0.1) is 0 Å². The maximum absolute atomic E-state index is 13.2. The van der Waals surface area contributed by atoms with Gasteiger partial charge in [0.2, 0.25) is 0 Å². The molecule has 0 unspecified atom stereocenters. The second kappa shape index (κ2) is 6.97. The molecule has 0 amide bonds. The molecule has 2 atom stereocenters. The summed E-state index contributed by atoms with van der Waals surface area (Å²) in [5.41, 5.74) is -0.0680. The van der Waals surface area contributed by atoms with Crippen molar-refractivity contribution in [2.45, 2.75) is 37.6 Å². The van der Waals surface area contributed by atoms with E-state index in [1.54, 1.807) is 18.2 Å². The number of hydrogen-bond acceptors (Lipinski definition) is 2. The van der Waals surface area contributed by atoms with Crippen molar-refractivity contribution in [1.29, 1.82) is 0 Å². The van der Waals surface area contributed by atoms with E-state index in [-0.39, 0.29) is 6.04 Å². The van der Waals surface area contributed by atoms with Crippen LogP contribution < -0.4 is 5.32 Å². The van der Waals surface area contributed by atoms with E-state index >= 15 is 0 Å². The Kier molecular flexibility index (Phi) is 4.78. The highest BCUT2D eigenvalue weighted by molar-refractivity contribution is 6.31. The van der Waals surface area contributed by atoms with E-state index in [1.165, 1.54) is 6.07 Å². The predicted octanol–water partition coefficient (Wildman–Crippen LogP) is 5.84. The molecule has 1 saturated heterocycles. The monoisotopic (exact) mass is 393 g/mol. The first-order valence-corrected chi connectivity index (χ1v) is 9.37. The molecule has 0 aliphatic carbocycles. The van der Waals surface area contributed by atoms with Gasteiger partial charge in [-0.3, -0.25) is 0 Å². The lowest BCUT2D eigenvalue weighted by Crippen LogP contribution is -2.38. The Labute approximate surface area is 159 Å². The first kappa shape index (κ1) is 18.5. The molecule has 0 bridgehead atoms. The van der Waals surface area contributed by atoms with Gasteiger partial charge in [0.15, 0.2) is 0 Å². The third-order valence-corrected chi connectivity index (χ3v) is 5.56. The molecule has 0 radical (unpaired) electrons. The van der Waals surface area contributed by atoms with E-state index in [1.807, 2.05) is 6.07 Å². The molecule has 2 nitrogen and oxygen atoms in total. The highest BCUT2D eigenvalue weighted by atomic mass is 35.5. The normalized spacial score (nSPS) is 19.5. The number of alkyl halides is 3. The largest absolute Gasteiger partial charge is 0.416 e. The summed E-state index contributed by atoms with van der Waals surface area (Å²) in [5.74, 6) is 0. The Balaban J connectivity index is 1.96. The number of piperidine rings is 1. The molecule has 6 heteroatoms. The van der Waals surface area contributed by atoms with Gasteiger partial charge in [0.05, 0.1) is 11.7 Å². The van der Waals surface area contributed by atoms with Crippen LogP contribution in [-0.4, -0.2) is 17.7 Å². The van der Waals surface area contributed by atoms with Gasteiger partial charge in [0, 0.05) is 11.1 Å². The Hall–Kier alpha value is -1.82. The van der Waals surface area contributed by atoms with Gasteiger partial charge in [0.25, 0.3) is 0 Å². The second-order valence-electron chi connectivity index (χ2n) is 7.09. The van der Waals surface area contributed by atoms with E-state index in [4.69, 9.17) is 11.6 Å². The number of hydrogen-bond donors (Lipinski definition) is 2. The third kappa shape index (κ3) is 3.51. The highest BCUT2D eigenvalue weighted by Gasteiger charge is 2.31. The summed E-state index contributed by atoms with van der Waals surface area (Å²) in [4.78, 5) is 0. The Morgan fingerprint density at radius 3 is 2.48 bits per heavy atom. The maximum atomic E-state index is 13.2. The molecule has 142 valence electrons. The summed E-state index contributed by atoms with van der Waals surface area (Å²) in [7, 11) is 0. The minimum atomic E-state index is -4.42. The van der Waals surface area contributed by atoms with Gasteiger partial charge in [0.1, 0.15) is 0 Å². The van der Waals surface area contributed by atoms with Crippen molar-refractivity contribution in [2.24, 2.45) is 0 Å². The fourth-order valence-electron chi connectivity index (χ4n) is 3.95. The zero-order valence-electron chi connectivity index (χ0n) is 14.5. The summed E-state index contributed by atoms with van der Waals surface area (Å²) in [6, 6.07) is 10.6. The minimum Gasteiger partial charge on any atom is -0.387 e. The number of benzene rings is 3. The van der Waals surface area contributed by atoms with Crippen LogP contribution in [0.2, 0.25) is 5.02 Å². The SMILES string of the molecule is O[C@H](c1cc2cc(Cl)ccc2c2cc(C(F)(F)F)ccc12)[C@@H]1CCCCN1. The van der Waals surface area contributed by atoms with Gasteiger partial charge in [-0.1, -0.05) is 30.2 Å². The number of aliphatic hydroxyl groups is 1. The first-order chi connectivity index (χ1) is 12.8. The molecule has 3 aromatic carbocycles. The van der Waals surface area contributed by atoms with Gasteiger partial charge >= 0.3 is 6.18 Å². The minimum absolute atomic E-state index is 0.110. The Bertz CT molecular complexity index is 996. The van der Waals surface area contributed by atoms with Crippen LogP contribution >= 0.6 is 11.6 Å². The molecule has 0 spiro atoms. The van der Waals surface area contributed by atoms with Gasteiger partial charge in [-0.15, -0.1) is 0 Å². The Morgan fingerprint density at radius 1 is 1.00 bits per heavy atom. The third-order valence-electron chi connectivity index (χ3n) is 5.32. The Morgan fingerprint density at radius 2 is 1.78 bits per heavy atom. The predicted molar refractivity (Wildman–Crippen MR) is 102 cm³/mol. The summed E-state index contributed by atoms with van der Waals surface area (Å²) >= 11 is 6.10. The lowest BCUT2D eigenvalue weighted by Gasteiger charge is -2.29. The van der Waals surface area contributed by atoms with Gasteiger partial charge in [-0.05, 0) is 76.8 Å². The quantitative estimate of drug-likeness (QED) is 0.536. The number of nitrogens with one attached hydrogen (secondary N) is 1. The molecule has 0 saturated carbocycles. The van der Waals surface area contributed by atoms with E-state index in [0.29, 0.717) is 26.7 Å². The lowest BCUT2D eigenvalue weighted by atomic mass is 9.88. The van der Waals surface area contributed by atoms with Gasteiger partial charge < -0.3 is 10.4 Å². The maximum Gasteiger partial charge on any atom is 0.416 e. The lowest BCUT2D eigenvalue weighted by molar-refractivity contribution is -0.137. The fourth-order valence-corrected chi connectivity index (χ4v) is 4.13. The zero-order chi connectivity index (χ0) is 19.2. The number of aliphatic hydroxyl groups excluding tert-OH is 1. The van der Waals surface area contributed by atoms with Gasteiger partial charge in [-0.2, -0.15) is 13.2 Å². The average Bonchev–Trinajstić information content (AvgIpc) is 2.66.